The summed E-state index contributed by atoms with van der Waals surface area (Å²) in [7, 11) is 0. The summed E-state index contributed by atoms with van der Waals surface area (Å²) >= 11 is 1.64. The fourth-order valence-electron chi connectivity index (χ4n) is 3.81. The molecule has 1 aromatic carbocycles. The molecule has 2 aromatic heterocycles. The Morgan fingerprint density at radius 3 is 2.78 bits per heavy atom. The first-order valence-corrected chi connectivity index (χ1v) is 10.1. The molecule has 0 radical (unpaired) electrons. The summed E-state index contributed by atoms with van der Waals surface area (Å²) in [6.07, 6.45) is 4.25. The Morgan fingerprint density at radius 1 is 1.22 bits per heavy atom. The number of hydrogen-bond acceptors (Lipinski definition) is 4. The van der Waals surface area contributed by atoms with Crippen molar-refractivity contribution in [2.75, 3.05) is 5.32 Å². The monoisotopic (exact) mass is 381 g/mol. The minimum absolute atomic E-state index is 0.0223. The van der Waals surface area contributed by atoms with Crippen LogP contribution in [0.3, 0.4) is 0 Å². The molecular weight excluding hydrogens is 358 g/mol. The van der Waals surface area contributed by atoms with E-state index >= 15 is 0 Å². The maximum Gasteiger partial charge on any atom is 0.263 e. The lowest BCUT2D eigenvalue weighted by atomic mass is 9.97. The van der Waals surface area contributed by atoms with E-state index in [9.17, 15) is 9.59 Å². The fraction of sp³-hybridized carbons (Fsp3) is 0.381. The van der Waals surface area contributed by atoms with Crippen molar-refractivity contribution in [3.8, 4) is 0 Å². The number of aryl methyl sites for hydroxylation is 5. The van der Waals surface area contributed by atoms with E-state index in [4.69, 9.17) is 0 Å². The Kier molecular flexibility index (Phi) is 4.60. The van der Waals surface area contributed by atoms with Gasteiger partial charge in [0.2, 0.25) is 5.91 Å². The van der Waals surface area contributed by atoms with E-state index in [-0.39, 0.29) is 18.0 Å². The predicted molar refractivity (Wildman–Crippen MR) is 110 cm³/mol. The number of nitrogens with one attached hydrogen (secondary N) is 1. The third-order valence-electron chi connectivity index (χ3n) is 5.22. The van der Waals surface area contributed by atoms with Gasteiger partial charge in [-0.2, -0.15) is 0 Å². The van der Waals surface area contributed by atoms with Crippen molar-refractivity contribution in [1.82, 2.24) is 9.55 Å². The Balaban J connectivity index is 1.67. The summed E-state index contributed by atoms with van der Waals surface area (Å²) in [5, 5.41) is 3.64. The molecule has 0 saturated heterocycles. The maximum atomic E-state index is 13.1. The molecule has 6 heteroatoms. The fourth-order valence-corrected chi connectivity index (χ4v) is 5.11. The van der Waals surface area contributed by atoms with Gasteiger partial charge in [-0.25, -0.2) is 4.98 Å². The van der Waals surface area contributed by atoms with Crippen LogP contribution in [0.1, 0.15) is 40.2 Å². The van der Waals surface area contributed by atoms with Crippen molar-refractivity contribution in [1.29, 1.82) is 0 Å². The number of anilines is 1. The minimum atomic E-state index is -0.211. The van der Waals surface area contributed by atoms with Crippen LogP contribution in [0.15, 0.2) is 23.0 Å². The number of carbonyl (C=O) groups is 1. The average Bonchev–Trinajstić information content (AvgIpc) is 2.99. The summed E-state index contributed by atoms with van der Waals surface area (Å²) < 4.78 is 1.50. The molecule has 0 aliphatic heterocycles. The van der Waals surface area contributed by atoms with Crippen LogP contribution in [0.4, 0.5) is 5.69 Å². The summed E-state index contributed by atoms with van der Waals surface area (Å²) in [6.45, 7) is 5.75. The van der Waals surface area contributed by atoms with Crippen molar-refractivity contribution >= 4 is 33.1 Å². The van der Waals surface area contributed by atoms with Crippen molar-refractivity contribution in [2.45, 2.75) is 53.0 Å². The molecule has 1 amide bonds. The van der Waals surface area contributed by atoms with Gasteiger partial charge in [0.05, 0.1) is 5.39 Å². The van der Waals surface area contributed by atoms with Crippen molar-refractivity contribution < 1.29 is 4.79 Å². The summed E-state index contributed by atoms with van der Waals surface area (Å²) in [5.41, 5.74) is 4.00. The van der Waals surface area contributed by atoms with E-state index in [0.29, 0.717) is 5.82 Å². The highest BCUT2D eigenvalue weighted by atomic mass is 32.1. The summed E-state index contributed by atoms with van der Waals surface area (Å²) in [5.74, 6) is 0.374. The lowest BCUT2D eigenvalue weighted by Gasteiger charge is -2.13. The van der Waals surface area contributed by atoms with E-state index in [2.05, 4.69) is 10.3 Å². The number of benzene rings is 1. The smallest absolute Gasteiger partial charge is 0.263 e. The van der Waals surface area contributed by atoms with Crippen LogP contribution in [0.5, 0.6) is 0 Å². The van der Waals surface area contributed by atoms with Gasteiger partial charge in [0.15, 0.2) is 0 Å². The normalized spacial score (nSPS) is 13.6. The molecule has 1 aliphatic rings. The van der Waals surface area contributed by atoms with Crippen LogP contribution in [0.25, 0.3) is 10.2 Å². The summed E-state index contributed by atoms with van der Waals surface area (Å²) in [6, 6.07) is 5.89. The molecule has 0 atom stereocenters. The number of carbonyl (C=O) groups excluding carboxylic acids is 1. The third kappa shape index (κ3) is 3.30. The largest absolute Gasteiger partial charge is 0.324 e. The van der Waals surface area contributed by atoms with E-state index in [0.717, 1.165) is 51.9 Å². The minimum Gasteiger partial charge on any atom is -0.324 e. The Labute approximate surface area is 162 Å². The third-order valence-corrected chi connectivity index (χ3v) is 6.41. The van der Waals surface area contributed by atoms with Gasteiger partial charge in [0, 0.05) is 10.6 Å². The topological polar surface area (TPSA) is 64.0 Å². The number of rotatable bonds is 3. The highest BCUT2D eigenvalue weighted by Crippen LogP contribution is 2.33. The zero-order valence-corrected chi connectivity index (χ0v) is 16.7. The number of fused-ring (bicyclic) bond motifs is 3. The van der Waals surface area contributed by atoms with Gasteiger partial charge in [-0.3, -0.25) is 14.2 Å². The quantitative estimate of drug-likeness (QED) is 0.748. The molecule has 1 N–H and O–H groups in total. The second kappa shape index (κ2) is 6.93. The first-order chi connectivity index (χ1) is 12.9. The van der Waals surface area contributed by atoms with Crippen LogP contribution in [0, 0.1) is 20.8 Å². The molecule has 0 unspecified atom stereocenters. The second-order valence-electron chi connectivity index (χ2n) is 7.31. The number of amides is 1. The predicted octanol–water partition coefficient (Wildman–Crippen LogP) is 3.90. The number of hydrogen-bond donors (Lipinski definition) is 1. The highest BCUT2D eigenvalue weighted by Gasteiger charge is 2.21. The van der Waals surface area contributed by atoms with E-state index in [1.54, 1.807) is 18.3 Å². The van der Waals surface area contributed by atoms with Crippen LogP contribution < -0.4 is 10.9 Å². The van der Waals surface area contributed by atoms with Crippen molar-refractivity contribution in [3.63, 3.8) is 0 Å². The maximum absolute atomic E-state index is 13.1. The first-order valence-electron chi connectivity index (χ1n) is 9.33. The first kappa shape index (κ1) is 17.9. The molecule has 27 heavy (non-hydrogen) atoms. The van der Waals surface area contributed by atoms with Gasteiger partial charge in [-0.15, -0.1) is 11.3 Å². The lowest BCUT2D eigenvalue weighted by molar-refractivity contribution is -0.116. The average molecular weight is 382 g/mol. The number of thiophene rings is 1. The van der Waals surface area contributed by atoms with Crippen LogP contribution in [-0.4, -0.2) is 15.5 Å². The van der Waals surface area contributed by atoms with Gasteiger partial charge >= 0.3 is 0 Å². The standard InChI is InChI=1S/C21H23N3O2S/c1-12-8-9-16(13(2)10-12)23-18(25)11-24-14(3)22-20-19(21(24)26)15-6-4-5-7-17(15)27-20/h8-10H,4-7,11H2,1-3H3,(H,23,25). The van der Waals surface area contributed by atoms with Gasteiger partial charge in [-0.05, 0) is 63.6 Å². The molecule has 1 aliphatic carbocycles. The van der Waals surface area contributed by atoms with Crippen LogP contribution >= 0.6 is 11.3 Å². The van der Waals surface area contributed by atoms with E-state index < -0.39 is 0 Å². The van der Waals surface area contributed by atoms with Gasteiger partial charge in [-0.1, -0.05) is 17.7 Å². The number of nitrogens with zero attached hydrogens (tertiary/aromatic N) is 2. The van der Waals surface area contributed by atoms with Crippen LogP contribution in [0.2, 0.25) is 0 Å². The summed E-state index contributed by atoms with van der Waals surface area (Å²) in [4.78, 5) is 32.5. The Hall–Kier alpha value is -2.47. The zero-order chi connectivity index (χ0) is 19.1. The molecule has 0 saturated carbocycles. The van der Waals surface area contributed by atoms with Crippen molar-refractivity contribution in [3.05, 3.63) is 55.9 Å². The molecular formula is C21H23N3O2S. The van der Waals surface area contributed by atoms with E-state index in [1.807, 2.05) is 32.0 Å². The molecule has 0 spiro atoms. The van der Waals surface area contributed by atoms with Gasteiger partial charge in [0.1, 0.15) is 17.2 Å². The van der Waals surface area contributed by atoms with Gasteiger partial charge < -0.3 is 5.32 Å². The number of aromatic nitrogens is 2. The molecule has 0 bridgehead atoms. The Morgan fingerprint density at radius 2 is 2.00 bits per heavy atom. The molecule has 3 aromatic rings. The highest BCUT2D eigenvalue weighted by molar-refractivity contribution is 7.18. The second-order valence-corrected chi connectivity index (χ2v) is 8.39. The molecule has 2 heterocycles. The van der Waals surface area contributed by atoms with Gasteiger partial charge in [0.25, 0.3) is 5.56 Å². The van der Waals surface area contributed by atoms with Crippen LogP contribution in [-0.2, 0) is 24.2 Å². The Bertz CT molecular complexity index is 1110. The SMILES string of the molecule is Cc1ccc(NC(=O)Cn2c(C)nc3sc4c(c3c2=O)CCCC4)c(C)c1. The zero-order valence-electron chi connectivity index (χ0n) is 15.9. The lowest BCUT2D eigenvalue weighted by Crippen LogP contribution is -2.30. The molecule has 5 nitrogen and oxygen atoms in total. The molecule has 0 fully saturated rings. The van der Waals surface area contributed by atoms with Crippen molar-refractivity contribution in [2.24, 2.45) is 0 Å². The molecule has 4 rings (SSSR count). The molecule has 140 valence electrons. The van der Waals surface area contributed by atoms with E-state index in [1.165, 1.54) is 15.9 Å².